The van der Waals surface area contributed by atoms with Crippen LogP contribution in [0.15, 0.2) is 128 Å². The molecule has 5 aromatic carbocycles. The van der Waals surface area contributed by atoms with Crippen LogP contribution in [-0.4, -0.2) is 17.4 Å². The minimum atomic E-state index is -1.83. The molecule has 170 valence electrons. The van der Waals surface area contributed by atoms with Gasteiger partial charge in [0.15, 0.2) is 18.9 Å². The number of nitrogens with zero attached hydrogens (tertiary/aromatic N) is 1. The van der Waals surface area contributed by atoms with Crippen LogP contribution in [0.1, 0.15) is 5.56 Å². The Kier molecular flexibility index (Phi) is 6.71. The first-order chi connectivity index (χ1) is 17.2. The molecular formula is C30H25BNO3+. The van der Waals surface area contributed by atoms with Gasteiger partial charge in [-0.3, -0.25) is 0 Å². The van der Waals surface area contributed by atoms with Crippen LogP contribution >= 0.6 is 0 Å². The predicted octanol–water partition coefficient (Wildman–Crippen LogP) is 5.52. The molecule has 5 heteroatoms. The van der Waals surface area contributed by atoms with Crippen LogP contribution in [0.3, 0.4) is 0 Å². The molecule has 0 saturated heterocycles. The number of pyridine rings is 1. The van der Waals surface area contributed by atoms with Gasteiger partial charge < -0.3 is 14.7 Å². The molecule has 0 radical (unpaired) electrons. The molecule has 0 spiro atoms. The number of hydrogen-bond acceptors (Lipinski definition) is 3. The Labute approximate surface area is 204 Å². The Morgan fingerprint density at radius 2 is 1.23 bits per heavy atom. The summed E-state index contributed by atoms with van der Waals surface area (Å²) in [5.41, 5.74) is 1.33. The van der Waals surface area contributed by atoms with Gasteiger partial charge in [-0.1, -0.05) is 84.9 Å². The summed E-state index contributed by atoms with van der Waals surface area (Å²) >= 11 is 0. The number of rotatable bonds is 4. The topological polar surface area (TPSA) is 53.6 Å². The molecule has 0 aliphatic rings. The van der Waals surface area contributed by atoms with Gasteiger partial charge >= 0.3 is 7.32 Å². The summed E-state index contributed by atoms with van der Waals surface area (Å²) in [7, 11) is -1.83. The van der Waals surface area contributed by atoms with Crippen LogP contribution in [0.5, 0.6) is 5.75 Å². The zero-order valence-corrected chi connectivity index (χ0v) is 19.2. The van der Waals surface area contributed by atoms with E-state index in [2.05, 4.69) is 71.6 Å². The van der Waals surface area contributed by atoms with E-state index in [9.17, 15) is 0 Å². The zero-order valence-electron chi connectivity index (χ0n) is 19.2. The fourth-order valence-corrected chi connectivity index (χ4v) is 4.31. The monoisotopic (exact) mass is 458 g/mol. The molecular weight excluding hydrogens is 433 g/mol. The second-order valence-electron chi connectivity index (χ2n) is 8.32. The van der Waals surface area contributed by atoms with E-state index in [1.165, 1.54) is 10.9 Å². The molecule has 0 atom stereocenters. The third-order valence-electron chi connectivity index (χ3n) is 5.91. The molecule has 1 heterocycles. The third kappa shape index (κ3) is 5.33. The number of benzene rings is 5. The van der Waals surface area contributed by atoms with Crippen molar-refractivity contribution < 1.29 is 19.3 Å². The SMILES string of the molecule is OB(O)Oc1cccc2ccc3cc4ccccc4cc3c12.c1ccc(C[n+]2ccccc2)cc1. The van der Waals surface area contributed by atoms with Crippen LogP contribution in [0.25, 0.3) is 32.3 Å². The molecule has 0 aliphatic heterocycles. The summed E-state index contributed by atoms with van der Waals surface area (Å²) < 4.78 is 7.32. The average Bonchev–Trinajstić information content (AvgIpc) is 2.89. The lowest BCUT2D eigenvalue weighted by molar-refractivity contribution is -0.688. The summed E-state index contributed by atoms with van der Waals surface area (Å²) in [6.45, 7) is 0.946. The standard InChI is InChI=1S/C18H13BO3.C12H12N/c20-19(21)22-17-7-3-6-12-8-9-15-10-13-4-1-2-5-14(13)11-16(15)18(12)17;1-3-7-12(8-4-1)11-13-9-5-2-6-10-13/h1-11,20-21H;1-10H,11H2/q;+1. The molecule has 35 heavy (non-hydrogen) atoms. The minimum absolute atomic E-state index is 0.466. The van der Waals surface area contributed by atoms with Crippen molar-refractivity contribution in [3.05, 3.63) is 133 Å². The second kappa shape index (κ2) is 10.4. The van der Waals surface area contributed by atoms with E-state index < -0.39 is 7.32 Å². The van der Waals surface area contributed by atoms with Crippen LogP contribution in [0.4, 0.5) is 0 Å². The number of hydrogen-bond donors (Lipinski definition) is 2. The fourth-order valence-electron chi connectivity index (χ4n) is 4.31. The summed E-state index contributed by atoms with van der Waals surface area (Å²) in [5.74, 6) is 0.466. The van der Waals surface area contributed by atoms with Gasteiger partial charge in [0, 0.05) is 23.1 Å². The quantitative estimate of drug-likeness (QED) is 0.158. The maximum Gasteiger partial charge on any atom is 0.707 e. The van der Waals surface area contributed by atoms with Gasteiger partial charge in [0.2, 0.25) is 0 Å². The van der Waals surface area contributed by atoms with Gasteiger partial charge in [-0.15, -0.1) is 0 Å². The van der Waals surface area contributed by atoms with Crippen molar-refractivity contribution in [2.45, 2.75) is 6.54 Å². The van der Waals surface area contributed by atoms with Crippen molar-refractivity contribution in [2.24, 2.45) is 0 Å². The lowest BCUT2D eigenvalue weighted by Crippen LogP contribution is -2.32. The highest BCUT2D eigenvalue weighted by atomic mass is 16.6. The van der Waals surface area contributed by atoms with E-state index in [1.54, 1.807) is 6.07 Å². The Morgan fingerprint density at radius 1 is 0.600 bits per heavy atom. The van der Waals surface area contributed by atoms with Crippen LogP contribution < -0.4 is 9.22 Å². The first-order valence-electron chi connectivity index (χ1n) is 11.5. The van der Waals surface area contributed by atoms with Crippen LogP contribution in [0.2, 0.25) is 0 Å². The van der Waals surface area contributed by atoms with E-state index in [1.807, 2.05) is 54.6 Å². The maximum absolute atomic E-state index is 9.14. The molecule has 0 saturated carbocycles. The molecule has 0 bridgehead atoms. The van der Waals surface area contributed by atoms with Gasteiger partial charge in [0.1, 0.15) is 5.75 Å². The molecule has 0 fully saturated rings. The van der Waals surface area contributed by atoms with E-state index in [4.69, 9.17) is 14.7 Å². The predicted molar refractivity (Wildman–Crippen MR) is 142 cm³/mol. The largest absolute Gasteiger partial charge is 0.707 e. The zero-order chi connectivity index (χ0) is 24.0. The molecule has 2 N–H and O–H groups in total. The van der Waals surface area contributed by atoms with Crippen molar-refractivity contribution in [1.82, 2.24) is 0 Å². The summed E-state index contributed by atoms with van der Waals surface area (Å²) in [4.78, 5) is 0. The number of aromatic nitrogens is 1. The van der Waals surface area contributed by atoms with Crippen molar-refractivity contribution in [3.63, 3.8) is 0 Å². The van der Waals surface area contributed by atoms with Crippen molar-refractivity contribution in [3.8, 4) is 5.75 Å². The summed E-state index contributed by atoms with van der Waals surface area (Å²) in [6.07, 6.45) is 4.15. The van der Waals surface area contributed by atoms with E-state index in [0.717, 1.165) is 33.5 Å². The van der Waals surface area contributed by atoms with Crippen LogP contribution in [0, 0.1) is 0 Å². The van der Waals surface area contributed by atoms with E-state index in [0.29, 0.717) is 5.75 Å². The number of fused-ring (bicyclic) bond motifs is 4. The van der Waals surface area contributed by atoms with Gasteiger partial charge in [-0.05, 0) is 45.1 Å². The first kappa shape index (κ1) is 22.6. The van der Waals surface area contributed by atoms with Gasteiger partial charge in [0.25, 0.3) is 0 Å². The normalized spacial score (nSPS) is 10.7. The van der Waals surface area contributed by atoms with Crippen LogP contribution in [-0.2, 0) is 6.54 Å². The highest BCUT2D eigenvalue weighted by Crippen LogP contribution is 2.35. The van der Waals surface area contributed by atoms with Gasteiger partial charge in [-0.2, -0.15) is 0 Å². The molecule has 0 unspecified atom stereocenters. The van der Waals surface area contributed by atoms with Crippen molar-refractivity contribution >= 4 is 39.6 Å². The lowest BCUT2D eigenvalue weighted by Gasteiger charge is -2.12. The van der Waals surface area contributed by atoms with Crippen molar-refractivity contribution in [1.29, 1.82) is 0 Å². The maximum atomic E-state index is 9.14. The third-order valence-corrected chi connectivity index (χ3v) is 5.91. The smallest absolute Gasteiger partial charge is 0.511 e. The summed E-state index contributed by atoms with van der Waals surface area (Å²) in [6, 6.07) is 38.7. The Bertz CT molecular complexity index is 1530. The first-order valence-corrected chi connectivity index (χ1v) is 11.5. The van der Waals surface area contributed by atoms with Crippen molar-refractivity contribution in [2.75, 3.05) is 0 Å². The Hall–Kier alpha value is -4.19. The van der Waals surface area contributed by atoms with E-state index >= 15 is 0 Å². The highest BCUT2D eigenvalue weighted by molar-refractivity contribution is 6.34. The fraction of sp³-hybridized carbons (Fsp3) is 0.0333. The second-order valence-corrected chi connectivity index (χ2v) is 8.32. The molecule has 6 aromatic rings. The lowest BCUT2D eigenvalue weighted by atomic mass is 9.97. The van der Waals surface area contributed by atoms with E-state index in [-0.39, 0.29) is 0 Å². The van der Waals surface area contributed by atoms with Gasteiger partial charge in [0.05, 0.1) is 0 Å². The molecule has 4 nitrogen and oxygen atoms in total. The molecule has 1 aromatic heterocycles. The minimum Gasteiger partial charge on any atom is -0.511 e. The summed E-state index contributed by atoms with van der Waals surface area (Å²) in [5, 5.41) is 24.6. The molecule has 6 rings (SSSR count). The highest BCUT2D eigenvalue weighted by Gasteiger charge is 2.15. The molecule has 0 aliphatic carbocycles. The average molecular weight is 458 g/mol. The molecule has 0 amide bonds. The Morgan fingerprint density at radius 3 is 1.97 bits per heavy atom. The Balaban J connectivity index is 0.000000166. The van der Waals surface area contributed by atoms with Gasteiger partial charge in [-0.25, -0.2) is 4.57 Å².